The van der Waals surface area contributed by atoms with E-state index in [-0.39, 0.29) is 42.6 Å². The summed E-state index contributed by atoms with van der Waals surface area (Å²) >= 11 is 0. The van der Waals surface area contributed by atoms with Crippen LogP contribution in [0.1, 0.15) is 19.8 Å². The molecule has 0 aromatic heterocycles. The normalized spacial score (nSPS) is 15.7. The summed E-state index contributed by atoms with van der Waals surface area (Å²) in [6.07, 6.45) is -3.02. The van der Waals surface area contributed by atoms with E-state index in [4.69, 9.17) is 9.47 Å². The number of rotatable bonds is 8. The van der Waals surface area contributed by atoms with E-state index >= 15 is 0 Å². The van der Waals surface area contributed by atoms with Gasteiger partial charge in [-0.05, 0) is 24.6 Å². The first kappa shape index (κ1) is 23.2. The summed E-state index contributed by atoms with van der Waals surface area (Å²) in [5.74, 6) is -0.283. The molecule has 1 aromatic carbocycles. The minimum absolute atomic E-state index is 0.162. The fraction of sp³-hybridized carbons (Fsp3) is 0.588. The molecule has 0 atom stereocenters. The van der Waals surface area contributed by atoms with Crippen LogP contribution in [-0.4, -0.2) is 64.4 Å². The maximum atomic E-state index is 12.8. The third-order valence-corrected chi connectivity index (χ3v) is 5.91. The van der Waals surface area contributed by atoms with Crippen LogP contribution < -0.4 is 15.4 Å². The van der Waals surface area contributed by atoms with Gasteiger partial charge in [0.15, 0.2) is 6.61 Å². The van der Waals surface area contributed by atoms with Crippen LogP contribution in [0.5, 0.6) is 5.75 Å². The van der Waals surface area contributed by atoms with Crippen molar-refractivity contribution in [1.29, 1.82) is 0 Å². The van der Waals surface area contributed by atoms with E-state index in [1.54, 1.807) is 0 Å². The van der Waals surface area contributed by atoms with Crippen molar-refractivity contribution in [2.24, 2.45) is 0 Å². The topological polar surface area (TPSA) is 97.0 Å². The highest BCUT2D eigenvalue weighted by Gasteiger charge is 2.30. The third-order valence-electron chi connectivity index (χ3n) is 4.01. The standard InChI is InChI=1S/C17H24F3N3O5S/c1-2-3-6-21-16(24)22-14-11-13(4-5-15(14)28-12-17(18,19)20)29(25,26)23-7-9-27-10-8-23/h4-5,11H,2-3,6-10,12H2,1H3,(H2,21,22,24). The summed E-state index contributed by atoms with van der Waals surface area (Å²) in [6.45, 7) is 1.54. The molecule has 0 radical (unpaired) electrons. The Kier molecular flexibility index (Phi) is 8.11. The number of morpholine rings is 1. The molecule has 1 heterocycles. The van der Waals surface area contributed by atoms with E-state index in [2.05, 4.69) is 10.6 Å². The number of benzene rings is 1. The Balaban J connectivity index is 2.26. The molecule has 12 heteroatoms. The van der Waals surface area contributed by atoms with Crippen molar-refractivity contribution in [2.75, 3.05) is 44.8 Å². The second-order valence-corrected chi connectivity index (χ2v) is 8.25. The van der Waals surface area contributed by atoms with Crippen molar-refractivity contribution >= 4 is 21.7 Å². The minimum Gasteiger partial charge on any atom is -0.482 e. The number of anilines is 1. The summed E-state index contributed by atoms with van der Waals surface area (Å²) in [4.78, 5) is 11.9. The quantitative estimate of drug-likeness (QED) is 0.607. The van der Waals surface area contributed by atoms with Gasteiger partial charge in [0, 0.05) is 19.6 Å². The summed E-state index contributed by atoms with van der Waals surface area (Å²) < 4.78 is 74.2. The Morgan fingerprint density at radius 2 is 1.97 bits per heavy atom. The number of amides is 2. The maximum absolute atomic E-state index is 12.8. The number of hydrogen-bond acceptors (Lipinski definition) is 5. The lowest BCUT2D eigenvalue weighted by molar-refractivity contribution is -0.153. The number of urea groups is 1. The van der Waals surface area contributed by atoms with Gasteiger partial charge in [-0.2, -0.15) is 17.5 Å². The van der Waals surface area contributed by atoms with E-state index in [9.17, 15) is 26.4 Å². The molecule has 0 bridgehead atoms. The molecule has 1 aliphatic rings. The molecular formula is C17H24F3N3O5S. The Labute approximate surface area is 167 Å². The molecule has 0 spiro atoms. The molecule has 0 saturated carbocycles. The number of carbonyl (C=O) groups is 1. The highest BCUT2D eigenvalue weighted by molar-refractivity contribution is 7.89. The zero-order valence-corrected chi connectivity index (χ0v) is 16.7. The van der Waals surface area contributed by atoms with Crippen LogP contribution >= 0.6 is 0 Å². The first-order chi connectivity index (χ1) is 13.6. The second kappa shape index (κ2) is 10.1. The van der Waals surface area contributed by atoms with Crippen LogP contribution in [0.15, 0.2) is 23.1 Å². The van der Waals surface area contributed by atoms with Crippen molar-refractivity contribution in [3.05, 3.63) is 18.2 Å². The number of ether oxygens (including phenoxy) is 2. The SMILES string of the molecule is CCCCNC(=O)Nc1cc(S(=O)(=O)N2CCOCC2)ccc1OCC(F)(F)F. The van der Waals surface area contributed by atoms with Gasteiger partial charge in [-0.1, -0.05) is 13.3 Å². The number of halogens is 3. The van der Waals surface area contributed by atoms with E-state index in [1.807, 2.05) is 6.92 Å². The number of nitrogens with one attached hydrogen (secondary N) is 2. The monoisotopic (exact) mass is 439 g/mol. The lowest BCUT2D eigenvalue weighted by Crippen LogP contribution is -2.40. The van der Waals surface area contributed by atoms with Crippen LogP contribution in [0.4, 0.5) is 23.7 Å². The van der Waals surface area contributed by atoms with Crippen LogP contribution in [0.25, 0.3) is 0 Å². The molecule has 1 saturated heterocycles. The fourth-order valence-electron chi connectivity index (χ4n) is 2.53. The van der Waals surface area contributed by atoms with Gasteiger partial charge in [0.1, 0.15) is 5.75 Å². The lowest BCUT2D eigenvalue weighted by Gasteiger charge is -2.26. The van der Waals surface area contributed by atoms with Crippen molar-refractivity contribution in [1.82, 2.24) is 9.62 Å². The van der Waals surface area contributed by atoms with Crippen LogP contribution in [0, 0.1) is 0 Å². The average molecular weight is 439 g/mol. The number of alkyl halides is 3. The predicted molar refractivity (Wildman–Crippen MR) is 99.5 cm³/mol. The van der Waals surface area contributed by atoms with Crippen LogP contribution in [0.2, 0.25) is 0 Å². The molecular weight excluding hydrogens is 415 g/mol. The largest absolute Gasteiger partial charge is 0.482 e. The predicted octanol–water partition coefficient (Wildman–Crippen LogP) is 2.57. The van der Waals surface area contributed by atoms with Gasteiger partial charge in [-0.3, -0.25) is 0 Å². The molecule has 1 aromatic rings. The summed E-state index contributed by atoms with van der Waals surface area (Å²) in [5.41, 5.74) is -0.169. The molecule has 0 unspecified atom stereocenters. The first-order valence-electron chi connectivity index (χ1n) is 9.10. The third kappa shape index (κ3) is 7.05. The number of carbonyl (C=O) groups excluding carboxylic acids is 1. The van der Waals surface area contributed by atoms with Gasteiger partial charge >= 0.3 is 12.2 Å². The van der Waals surface area contributed by atoms with E-state index in [1.165, 1.54) is 4.31 Å². The number of nitrogens with zero attached hydrogens (tertiary/aromatic N) is 1. The number of hydrogen-bond donors (Lipinski definition) is 2. The fourth-order valence-corrected chi connectivity index (χ4v) is 3.97. The summed E-state index contributed by atoms with van der Waals surface area (Å²) in [5, 5.41) is 4.92. The lowest BCUT2D eigenvalue weighted by atomic mass is 10.3. The van der Waals surface area contributed by atoms with Crippen molar-refractivity contribution in [2.45, 2.75) is 30.8 Å². The van der Waals surface area contributed by atoms with Gasteiger partial charge in [0.25, 0.3) is 0 Å². The molecule has 0 aliphatic carbocycles. The van der Waals surface area contributed by atoms with E-state index < -0.39 is 28.8 Å². The summed E-state index contributed by atoms with van der Waals surface area (Å²) in [7, 11) is -3.90. The van der Waals surface area contributed by atoms with Crippen LogP contribution in [-0.2, 0) is 14.8 Å². The van der Waals surface area contributed by atoms with Gasteiger partial charge in [0.2, 0.25) is 10.0 Å². The van der Waals surface area contributed by atoms with E-state index in [0.717, 1.165) is 31.0 Å². The minimum atomic E-state index is -4.58. The second-order valence-electron chi connectivity index (χ2n) is 6.31. The molecule has 2 rings (SSSR count). The van der Waals surface area contributed by atoms with Crippen molar-refractivity contribution in [3.63, 3.8) is 0 Å². The Morgan fingerprint density at radius 1 is 1.28 bits per heavy atom. The Hall–Kier alpha value is -2.05. The van der Waals surface area contributed by atoms with Gasteiger partial charge in [0.05, 0.1) is 23.8 Å². The van der Waals surface area contributed by atoms with E-state index in [0.29, 0.717) is 6.54 Å². The molecule has 8 nitrogen and oxygen atoms in total. The Morgan fingerprint density at radius 3 is 2.59 bits per heavy atom. The highest BCUT2D eigenvalue weighted by Crippen LogP contribution is 2.31. The van der Waals surface area contributed by atoms with Gasteiger partial charge in [-0.25, -0.2) is 13.2 Å². The summed E-state index contributed by atoms with van der Waals surface area (Å²) in [6, 6.07) is 2.67. The zero-order chi connectivity index (χ0) is 21.5. The molecule has 1 aliphatic heterocycles. The zero-order valence-electron chi connectivity index (χ0n) is 15.9. The average Bonchev–Trinajstić information content (AvgIpc) is 2.67. The first-order valence-corrected chi connectivity index (χ1v) is 10.5. The van der Waals surface area contributed by atoms with Crippen LogP contribution in [0.3, 0.4) is 0 Å². The van der Waals surface area contributed by atoms with Crippen molar-refractivity contribution < 1.29 is 35.9 Å². The Bertz CT molecular complexity index is 796. The number of sulfonamides is 1. The number of unbranched alkanes of at least 4 members (excludes halogenated alkanes) is 1. The molecule has 29 heavy (non-hydrogen) atoms. The molecule has 2 N–H and O–H groups in total. The van der Waals surface area contributed by atoms with Gasteiger partial charge < -0.3 is 20.1 Å². The molecule has 2 amide bonds. The van der Waals surface area contributed by atoms with Gasteiger partial charge in [-0.15, -0.1) is 0 Å². The maximum Gasteiger partial charge on any atom is 0.422 e. The molecule has 1 fully saturated rings. The highest BCUT2D eigenvalue weighted by atomic mass is 32.2. The van der Waals surface area contributed by atoms with Crippen molar-refractivity contribution in [3.8, 4) is 5.75 Å². The smallest absolute Gasteiger partial charge is 0.422 e. The molecule has 164 valence electrons.